The topological polar surface area (TPSA) is 38.5 Å². The Labute approximate surface area is 109 Å². The quantitative estimate of drug-likeness (QED) is 0.814. The van der Waals surface area contributed by atoms with Gasteiger partial charge in [-0.05, 0) is 23.6 Å². The molecule has 2 aliphatic rings. The first-order chi connectivity index (χ1) is 8.54. The van der Waals surface area contributed by atoms with Gasteiger partial charge in [0.2, 0.25) is 0 Å². The van der Waals surface area contributed by atoms with Gasteiger partial charge in [-0.2, -0.15) is 0 Å². The van der Waals surface area contributed by atoms with Crippen molar-refractivity contribution in [2.24, 2.45) is 5.41 Å². The molecule has 1 heterocycles. The van der Waals surface area contributed by atoms with Gasteiger partial charge in [-0.1, -0.05) is 26.0 Å². The molecule has 0 radical (unpaired) electrons. The van der Waals surface area contributed by atoms with Gasteiger partial charge < -0.3 is 10.5 Å². The van der Waals surface area contributed by atoms with Crippen LogP contribution in [0.4, 0.5) is 5.69 Å². The standard InChI is InChI=1S/C15H22N2O/c1-15(2)13(7-14(15)18-3)17-8-10-5-4-6-12(16)11(10)9-17/h4-6,13-14H,7-9,16H2,1-3H3. The van der Waals surface area contributed by atoms with E-state index in [2.05, 4.69) is 30.9 Å². The average molecular weight is 246 g/mol. The smallest absolute Gasteiger partial charge is 0.0652 e. The highest BCUT2D eigenvalue weighted by Crippen LogP contribution is 2.48. The van der Waals surface area contributed by atoms with Crippen molar-refractivity contribution in [3.8, 4) is 0 Å². The van der Waals surface area contributed by atoms with Crippen LogP contribution in [0.3, 0.4) is 0 Å². The second-order valence-corrected chi connectivity index (χ2v) is 6.19. The fourth-order valence-corrected chi connectivity index (χ4v) is 3.58. The highest BCUT2D eigenvalue weighted by atomic mass is 16.5. The number of hydrogen-bond donors (Lipinski definition) is 1. The summed E-state index contributed by atoms with van der Waals surface area (Å²) < 4.78 is 5.54. The normalized spacial score (nSPS) is 29.9. The number of rotatable bonds is 2. The van der Waals surface area contributed by atoms with Crippen molar-refractivity contribution in [2.75, 3.05) is 12.8 Å². The summed E-state index contributed by atoms with van der Waals surface area (Å²) in [6, 6.07) is 6.87. The third-order valence-corrected chi connectivity index (χ3v) is 4.90. The number of methoxy groups -OCH3 is 1. The van der Waals surface area contributed by atoms with Crippen LogP contribution in [-0.4, -0.2) is 24.2 Å². The number of ether oxygens (including phenoxy) is 1. The predicted molar refractivity (Wildman–Crippen MR) is 73.1 cm³/mol. The minimum absolute atomic E-state index is 0.242. The minimum Gasteiger partial charge on any atom is -0.398 e. The zero-order valence-electron chi connectivity index (χ0n) is 11.4. The highest BCUT2D eigenvalue weighted by Gasteiger charge is 2.51. The molecule has 98 valence electrons. The molecule has 3 heteroatoms. The van der Waals surface area contributed by atoms with Crippen LogP contribution in [0.2, 0.25) is 0 Å². The lowest BCUT2D eigenvalue weighted by Crippen LogP contribution is -2.60. The molecule has 0 spiro atoms. The Hall–Kier alpha value is -1.06. The molecule has 1 aliphatic carbocycles. The van der Waals surface area contributed by atoms with Crippen molar-refractivity contribution in [3.63, 3.8) is 0 Å². The first kappa shape index (κ1) is 12.0. The van der Waals surface area contributed by atoms with E-state index in [0.717, 1.165) is 25.2 Å². The molecule has 1 saturated carbocycles. The van der Waals surface area contributed by atoms with E-state index in [0.29, 0.717) is 12.1 Å². The van der Waals surface area contributed by atoms with Crippen molar-refractivity contribution in [1.82, 2.24) is 4.90 Å². The number of nitrogens with two attached hydrogens (primary N) is 1. The van der Waals surface area contributed by atoms with Crippen LogP contribution in [0.25, 0.3) is 0 Å². The van der Waals surface area contributed by atoms with Crippen molar-refractivity contribution >= 4 is 5.69 Å². The second kappa shape index (κ2) is 3.97. The van der Waals surface area contributed by atoms with Crippen LogP contribution in [0.5, 0.6) is 0 Å². The van der Waals surface area contributed by atoms with E-state index < -0.39 is 0 Å². The van der Waals surface area contributed by atoms with Crippen molar-refractivity contribution in [1.29, 1.82) is 0 Å². The number of anilines is 1. The van der Waals surface area contributed by atoms with E-state index in [-0.39, 0.29) is 5.41 Å². The number of benzene rings is 1. The maximum atomic E-state index is 6.06. The molecule has 0 aromatic heterocycles. The van der Waals surface area contributed by atoms with Gasteiger partial charge in [-0.25, -0.2) is 0 Å². The summed E-state index contributed by atoms with van der Waals surface area (Å²) in [7, 11) is 1.82. The molecular weight excluding hydrogens is 224 g/mol. The molecule has 2 N–H and O–H groups in total. The van der Waals surface area contributed by atoms with Crippen molar-refractivity contribution in [2.45, 2.75) is 45.5 Å². The van der Waals surface area contributed by atoms with Gasteiger partial charge in [0.1, 0.15) is 0 Å². The first-order valence-corrected chi connectivity index (χ1v) is 6.67. The van der Waals surface area contributed by atoms with E-state index in [1.54, 1.807) is 0 Å². The van der Waals surface area contributed by atoms with Gasteiger partial charge in [-0.3, -0.25) is 4.90 Å². The fourth-order valence-electron chi connectivity index (χ4n) is 3.58. The molecule has 1 aliphatic heterocycles. The van der Waals surface area contributed by atoms with E-state index in [1.807, 2.05) is 13.2 Å². The van der Waals surface area contributed by atoms with E-state index in [4.69, 9.17) is 10.5 Å². The molecule has 3 rings (SSSR count). The van der Waals surface area contributed by atoms with E-state index >= 15 is 0 Å². The molecule has 0 bridgehead atoms. The summed E-state index contributed by atoms with van der Waals surface area (Å²) in [6.45, 7) is 6.64. The zero-order valence-corrected chi connectivity index (χ0v) is 11.4. The second-order valence-electron chi connectivity index (χ2n) is 6.19. The maximum absolute atomic E-state index is 6.06. The van der Waals surface area contributed by atoms with Crippen LogP contribution in [0.15, 0.2) is 18.2 Å². The monoisotopic (exact) mass is 246 g/mol. The van der Waals surface area contributed by atoms with Gasteiger partial charge in [0, 0.05) is 37.3 Å². The zero-order chi connectivity index (χ0) is 12.9. The van der Waals surface area contributed by atoms with E-state index in [9.17, 15) is 0 Å². The lowest BCUT2D eigenvalue weighted by atomic mass is 9.64. The lowest BCUT2D eigenvalue weighted by molar-refractivity contribution is -0.139. The lowest BCUT2D eigenvalue weighted by Gasteiger charge is -2.54. The number of nitrogens with zero attached hydrogens (tertiary/aromatic N) is 1. The largest absolute Gasteiger partial charge is 0.398 e. The Bertz CT molecular complexity index is 470. The Morgan fingerprint density at radius 1 is 1.33 bits per heavy atom. The molecule has 1 fully saturated rings. The third kappa shape index (κ3) is 1.57. The Balaban J connectivity index is 1.78. The summed E-state index contributed by atoms with van der Waals surface area (Å²) in [5.41, 5.74) is 9.97. The van der Waals surface area contributed by atoms with Gasteiger partial charge in [0.15, 0.2) is 0 Å². The van der Waals surface area contributed by atoms with Crippen LogP contribution in [-0.2, 0) is 17.8 Å². The number of nitrogen functional groups attached to an aromatic ring is 1. The summed E-state index contributed by atoms with van der Waals surface area (Å²) in [5.74, 6) is 0. The summed E-state index contributed by atoms with van der Waals surface area (Å²) in [4.78, 5) is 2.55. The minimum atomic E-state index is 0.242. The molecule has 2 atom stereocenters. The van der Waals surface area contributed by atoms with Gasteiger partial charge >= 0.3 is 0 Å². The Kier molecular flexibility index (Phi) is 2.65. The number of fused-ring (bicyclic) bond motifs is 1. The number of hydrogen-bond acceptors (Lipinski definition) is 3. The Morgan fingerprint density at radius 2 is 2.11 bits per heavy atom. The SMILES string of the molecule is COC1CC(N2Cc3cccc(N)c3C2)C1(C)C. The van der Waals surface area contributed by atoms with Crippen LogP contribution in [0, 0.1) is 5.41 Å². The average Bonchev–Trinajstić information content (AvgIpc) is 2.73. The van der Waals surface area contributed by atoms with Gasteiger partial charge in [-0.15, -0.1) is 0 Å². The molecule has 0 amide bonds. The molecule has 2 unspecified atom stereocenters. The summed E-state index contributed by atoms with van der Waals surface area (Å²) in [5, 5.41) is 0. The summed E-state index contributed by atoms with van der Waals surface area (Å²) >= 11 is 0. The van der Waals surface area contributed by atoms with E-state index in [1.165, 1.54) is 11.1 Å². The third-order valence-electron chi connectivity index (χ3n) is 4.90. The Morgan fingerprint density at radius 3 is 2.72 bits per heavy atom. The molecule has 3 nitrogen and oxygen atoms in total. The van der Waals surface area contributed by atoms with Gasteiger partial charge in [0.05, 0.1) is 6.10 Å². The molecular formula is C15H22N2O. The maximum Gasteiger partial charge on any atom is 0.0652 e. The summed E-state index contributed by atoms with van der Waals surface area (Å²) in [6.07, 6.45) is 1.53. The molecule has 0 saturated heterocycles. The fraction of sp³-hybridized carbons (Fsp3) is 0.600. The van der Waals surface area contributed by atoms with Crippen molar-refractivity contribution < 1.29 is 4.74 Å². The molecule has 1 aromatic rings. The predicted octanol–water partition coefficient (Wildman–Crippen LogP) is 2.40. The molecule has 1 aromatic carbocycles. The van der Waals surface area contributed by atoms with Crippen molar-refractivity contribution in [3.05, 3.63) is 29.3 Å². The molecule has 18 heavy (non-hydrogen) atoms. The highest BCUT2D eigenvalue weighted by molar-refractivity contribution is 5.52. The first-order valence-electron chi connectivity index (χ1n) is 6.67. The van der Waals surface area contributed by atoms with Crippen LogP contribution in [0.1, 0.15) is 31.4 Å². The van der Waals surface area contributed by atoms with Crippen LogP contribution < -0.4 is 5.73 Å². The van der Waals surface area contributed by atoms with Gasteiger partial charge in [0.25, 0.3) is 0 Å². The van der Waals surface area contributed by atoms with Crippen LogP contribution >= 0.6 is 0 Å².